The molecule has 7 nitrogen and oxygen atoms in total. The number of carbonyl (C=O) groups is 1. The lowest BCUT2D eigenvalue weighted by Gasteiger charge is -2.26. The predicted molar refractivity (Wildman–Crippen MR) is 94.0 cm³/mol. The molecule has 0 unspecified atom stereocenters. The minimum Gasteiger partial charge on any atom is -0.341 e. The van der Waals surface area contributed by atoms with Crippen molar-refractivity contribution in [3.8, 4) is 0 Å². The molecule has 134 valence electrons. The molecule has 1 aliphatic heterocycles. The molecule has 0 aliphatic carbocycles. The van der Waals surface area contributed by atoms with Crippen LogP contribution in [-0.4, -0.2) is 59.0 Å². The minimum absolute atomic E-state index is 0.0215. The smallest absolute Gasteiger partial charge is 0.251 e. The van der Waals surface area contributed by atoms with E-state index in [4.69, 9.17) is 0 Å². The molecule has 0 saturated carbocycles. The van der Waals surface area contributed by atoms with Crippen molar-refractivity contribution in [2.75, 3.05) is 18.6 Å². The number of H-pyrrole nitrogens is 1. The topological polar surface area (TPSA) is 100 Å². The molecule has 1 amide bonds. The van der Waals surface area contributed by atoms with Gasteiger partial charge in [-0.05, 0) is 19.8 Å². The van der Waals surface area contributed by atoms with Gasteiger partial charge in [-0.3, -0.25) is 9.59 Å². The second-order valence-corrected chi connectivity index (χ2v) is 9.62. The molecular formula is C15H23N3O4S2. The minimum atomic E-state index is -3.04. The summed E-state index contributed by atoms with van der Waals surface area (Å²) in [6, 6.07) is 1.19. The lowest BCUT2D eigenvalue weighted by atomic mass is 10.2. The number of thioether (sulfide) groups is 1. The molecule has 2 heterocycles. The summed E-state index contributed by atoms with van der Waals surface area (Å²) in [6.07, 6.45) is 2.07. The van der Waals surface area contributed by atoms with Crippen molar-refractivity contribution in [2.24, 2.45) is 0 Å². The number of aromatic nitrogens is 2. The summed E-state index contributed by atoms with van der Waals surface area (Å²) in [4.78, 5) is 32.7. The van der Waals surface area contributed by atoms with E-state index in [-0.39, 0.29) is 29.0 Å². The molecule has 1 saturated heterocycles. The number of nitrogens with one attached hydrogen (secondary N) is 1. The van der Waals surface area contributed by atoms with Gasteiger partial charge in [0.15, 0.2) is 15.0 Å². The van der Waals surface area contributed by atoms with Gasteiger partial charge < -0.3 is 9.88 Å². The van der Waals surface area contributed by atoms with Gasteiger partial charge >= 0.3 is 0 Å². The Kier molecular flexibility index (Phi) is 6.08. The summed E-state index contributed by atoms with van der Waals surface area (Å²) in [5.74, 6) is -0.0102. The van der Waals surface area contributed by atoms with Crippen LogP contribution in [0, 0.1) is 0 Å². The monoisotopic (exact) mass is 373 g/mol. The highest BCUT2D eigenvalue weighted by molar-refractivity contribution is 8.00. The van der Waals surface area contributed by atoms with E-state index in [1.807, 2.05) is 6.92 Å². The van der Waals surface area contributed by atoms with Crippen LogP contribution >= 0.6 is 11.8 Å². The average molecular weight is 374 g/mol. The molecule has 2 atom stereocenters. The maximum atomic E-state index is 12.5. The highest BCUT2D eigenvalue weighted by Crippen LogP contribution is 2.23. The second-order valence-electron chi connectivity index (χ2n) is 6.06. The number of hydrogen-bond donors (Lipinski definition) is 1. The van der Waals surface area contributed by atoms with Crippen LogP contribution in [0.15, 0.2) is 16.0 Å². The van der Waals surface area contributed by atoms with Crippen LogP contribution in [0.25, 0.3) is 0 Å². The van der Waals surface area contributed by atoms with Gasteiger partial charge in [0.2, 0.25) is 5.91 Å². The molecule has 0 spiro atoms. The van der Waals surface area contributed by atoms with Gasteiger partial charge in [-0.25, -0.2) is 13.4 Å². The standard InChI is InChI=1S/C15H23N3O4S2/c1-4-5-11-8-13(19)17-15(16-11)23-10(2)14(20)18(3)12-6-7-24(21,22)9-12/h8,10,12H,4-7,9H2,1-3H3,(H,16,17,19)/t10-,12-/m0/s1. The van der Waals surface area contributed by atoms with Crippen molar-refractivity contribution < 1.29 is 13.2 Å². The number of aryl methyl sites for hydroxylation is 1. The summed E-state index contributed by atoms with van der Waals surface area (Å²) >= 11 is 1.19. The number of aromatic amines is 1. The Bertz CT molecular complexity index is 760. The summed E-state index contributed by atoms with van der Waals surface area (Å²) in [5.41, 5.74) is 0.476. The molecule has 0 aromatic carbocycles. The number of amides is 1. The number of hydrogen-bond acceptors (Lipinski definition) is 6. The molecule has 0 radical (unpaired) electrons. The lowest BCUT2D eigenvalue weighted by Crippen LogP contribution is -2.41. The first-order valence-corrected chi connectivity index (χ1v) is 10.7. The Balaban J connectivity index is 2.05. The Morgan fingerprint density at radius 2 is 2.25 bits per heavy atom. The van der Waals surface area contributed by atoms with Crippen LogP contribution in [-0.2, 0) is 21.1 Å². The molecule has 0 bridgehead atoms. The fraction of sp³-hybridized carbons (Fsp3) is 0.667. The van der Waals surface area contributed by atoms with E-state index in [1.54, 1.807) is 14.0 Å². The highest BCUT2D eigenvalue weighted by atomic mass is 32.2. The zero-order valence-electron chi connectivity index (χ0n) is 14.1. The summed E-state index contributed by atoms with van der Waals surface area (Å²) < 4.78 is 23.1. The zero-order chi connectivity index (χ0) is 17.9. The molecule has 1 fully saturated rings. The maximum absolute atomic E-state index is 12.5. The number of rotatable bonds is 6. The predicted octanol–water partition coefficient (Wildman–Crippen LogP) is 0.849. The van der Waals surface area contributed by atoms with Crippen molar-refractivity contribution in [1.82, 2.24) is 14.9 Å². The van der Waals surface area contributed by atoms with Gasteiger partial charge in [0.05, 0.1) is 16.8 Å². The molecule has 1 aromatic heterocycles. The lowest BCUT2D eigenvalue weighted by molar-refractivity contribution is -0.130. The first-order valence-electron chi connectivity index (χ1n) is 7.96. The van der Waals surface area contributed by atoms with Crippen LogP contribution in [0.4, 0.5) is 0 Å². The van der Waals surface area contributed by atoms with E-state index < -0.39 is 15.1 Å². The highest BCUT2D eigenvalue weighted by Gasteiger charge is 2.34. The first-order chi connectivity index (χ1) is 11.2. The van der Waals surface area contributed by atoms with Crippen LogP contribution in [0.3, 0.4) is 0 Å². The quantitative estimate of drug-likeness (QED) is 0.586. The van der Waals surface area contributed by atoms with Gasteiger partial charge in [-0.1, -0.05) is 25.1 Å². The molecule has 1 N–H and O–H groups in total. The van der Waals surface area contributed by atoms with E-state index >= 15 is 0 Å². The van der Waals surface area contributed by atoms with Crippen molar-refractivity contribution in [3.05, 3.63) is 22.1 Å². The fourth-order valence-electron chi connectivity index (χ4n) is 2.69. The van der Waals surface area contributed by atoms with Gasteiger partial charge in [0.1, 0.15) is 0 Å². The third-order valence-corrected chi connectivity index (χ3v) is 6.74. The van der Waals surface area contributed by atoms with Crippen molar-refractivity contribution >= 4 is 27.5 Å². The Labute approximate surface area is 146 Å². The maximum Gasteiger partial charge on any atom is 0.251 e. The largest absolute Gasteiger partial charge is 0.341 e. The number of carbonyl (C=O) groups excluding carboxylic acids is 1. The number of nitrogens with zero attached hydrogens (tertiary/aromatic N) is 2. The van der Waals surface area contributed by atoms with E-state index in [0.29, 0.717) is 23.7 Å². The number of sulfone groups is 1. The Hall–Kier alpha value is -1.35. The van der Waals surface area contributed by atoms with E-state index in [9.17, 15) is 18.0 Å². The molecule has 1 aromatic rings. The van der Waals surface area contributed by atoms with Crippen LogP contribution in [0.2, 0.25) is 0 Å². The van der Waals surface area contributed by atoms with E-state index in [1.165, 1.54) is 22.7 Å². The summed E-state index contributed by atoms with van der Waals surface area (Å²) in [7, 11) is -1.40. The van der Waals surface area contributed by atoms with Gasteiger partial charge in [-0.15, -0.1) is 0 Å². The van der Waals surface area contributed by atoms with Crippen LogP contribution < -0.4 is 5.56 Å². The molecule has 1 aliphatic rings. The average Bonchev–Trinajstić information content (AvgIpc) is 2.85. The van der Waals surface area contributed by atoms with Gasteiger partial charge in [0, 0.05) is 24.8 Å². The SMILES string of the molecule is CCCc1cc(=O)[nH]c(S[C@@H](C)C(=O)N(C)[C@H]2CCS(=O)(=O)C2)n1. The zero-order valence-corrected chi connectivity index (χ0v) is 15.7. The van der Waals surface area contributed by atoms with Gasteiger partial charge in [-0.2, -0.15) is 0 Å². The Morgan fingerprint density at radius 1 is 1.54 bits per heavy atom. The third-order valence-electron chi connectivity index (χ3n) is 4.02. The molecular weight excluding hydrogens is 350 g/mol. The van der Waals surface area contributed by atoms with Crippen LogP contribution in [0.5, 0.6) is 0 Å². The van der Waals surface area contributed by atoms with E-state index in [0.717, 1.165) is 6.42 Å². The van der Waals surface area contributed by atoms with E-state index in [2.05, 4.69) is 9.97 Å². The van der Waals surface area contributed by atoms with Crippen LogP contribution in [0.1, 0.15) is 32.4 Å². The molecule has 9 heteroatoms. The molecule has 2 rings (SSSR count). The summed E-state index contributed by atoms with van der Waals surface area (Å²) in [6.45, 7) is 3.74. The Morgan fingerprint density at radius 3 is 2.83 bits per heavy atom. The summed E-state index contributed by atoms with van der Waals surface area (Å²) in [5, 5.41) is -0.0439. The van der Waals surface area contributed by atoms with Crippen molar-refractivity contribution in [2.45, 2.75) is 49.6 Å². The third kappa shape index (κ3) is 4.83. The second kappa shape index (κ2) is 7.69. The normalized spacial score (nSPS) is 20.7. The van der Waals surface area contributed by atoms with Crippen molar-refractivity contribution in [1.29, 1.82) is 0 Å². The first kappa shape index (κ1) is 19.0. The fourth-order valence-corrected chi connectivity index (χ4v) is 5.39. The van der Waals surface area contributed by atoms with Crippen molar-refractivity contribution in [3.63, 3.8) is 0 Å². The van der Waals surface area contributed by atoms with Gasteiger partial charge in [0.25, 0.3) is 5.56 Å². The molecule has 24 heavy (non-hydrogen) atoms.